The minimum absolute atomic E-state index is 0.0109. The van der Waals surface area contributed by atoms with E-state index < -0.39 is 5.97 Å². The highest BCUT2D eigenvalue weighted by Crippen LogP contribution is 2.20. The van der Waals surface area contributed by atoms with Gasteiger partial charge in [-0.25, -0.2) is 4.79 Å². The van der Waals surface area contributed by atoms with Gasteiger partial charge in [-0.15, -0.1) is 11.3 Å². The quantitative estimate of drug-likeness (QED) is 0.815. The summed E-state index contributed by atoms with van der Waals surface area (Å²) in [5.41, 5.74) is 0. The Morgan fingerprint density at radius 1 is 1.42 bits per heavy atom. The summed E-state index contributed by atoms with van der Waals surface area (Å²) in [6, 6.07) is 3.68. The summed E-state index contributed by atoms with van der Waals surface area (Å²) < 4.78 is 0. The van der Waals surface area contributed by atoms with E-state index in [1.165, 1.54) is 17.4 Å². The van der Waals surface area contributed by atoms with Gasteiger partial charge in [0.25, 0.3) is 5.91 Å². The number of carboxylic acid groups (broad SMARTS) is 1. The number of carbonyl (C=O) groups is 2. The van der Waals surface area contributed by atoms with Gasteiger partial charge in [-0.3, -0.25) is 4.79 Å². The van der Waals surface area contributed by atoms with Gasteiger partial charge in [-0.1, -0.05) is 6.92 Å². The average Bonchev–Trinajstić information content (AvgIpc) is 2.81. The molecule has 0 saturated heterocycles. The number of amides is 1. The predicted molar refractivity (Wildman–Crippen MR) is 77.5 cm³/mol. The summed E-state index contributed by atoms with van der Waals surface area (Å²) in [7, 11) is 0. The molecule has 1 aromatic heterocycles. The molecule has 1 aromatic rings. The van der Waals surface area contributed by atoms with Gasteiger partial charge < -0.3 is 10.0 Å². The van der Waals surface area contributed by atoms with Gasteiger partial charge >= 0.3 is 5.97 Å². The van der Waals surface area contributed by atoms with Crippen molar-refractivity contribution in [3.05, 3.63) is 28.0 Å². The fourth-order valence-corrected chi connectivity index (χ4v) is 2.55. The zero-order chi connectivity index (χ0) is 14.4. The Kier molecular flexibility index (Phi) is 5.76. The lowest BCUT2D eigenvalue weighted by Gasteiger charge is -2.25. The smallest absolute Gasteiger partial charge is 0.328 e. The Balaban J connectivity index is 2.85. The van der Waals surface area contributed by atoms with E-state index in [0.29, 0.717) is 4.88 Å². The minimum Gasteiger partial charge on any atom is -0.478 e. The van der Waals surface area contributed by atoms with Crippen molar-refractivity contribution >= 4 is 29.3 Å². The molecule has 4 nitrogen and oxygen atoms in total. The molecule has 0 bridgehead atoms. The lowest BCUT2D eigenvalue weighted by molar-refractivity contribution is -0.131. The first-order valence-electron chi connectivity index (χ1n) is 6.27. The maximum absolute atomic E-state index is 12.3. The Morgan fingerprint density at radius 2 is 2.11 bits per heavy atom. The van der Waals surface area contributed by atoms with Crippen LogP contribution in [0.5, 0.6) is 0 Å². The van der Waals surface area contributed by atoms with E-state index >= 15 is 0 Å². The molecule has 1 N–H and O–H groups in total. The van der Waals surface area contributed by atoms with Crippen LogP contribution in [0.2, 0.25) is 0 Å². The van der Waals surface area contributed by atoms with E-state index in [0.717, 1.165) is 23.9 Å². The highest BCUT2D eigenvalue weighted by Gasteiger charge is 2.19. The molecule has 5 heteroatoms. The first-order valence-corrected chi connectivity index (χ1v) is 7.09. The van der Waals surface area contributed by atoms with Crippen LogP contribution in [-0.4, -0.2) is 34.5 Å². The number of thiophene rings is 1. The molecule has 0 aliphatic heterocycles. The van der Waals surface area contributed by atoms with Crippen molar-refractivity contribution in [1.82, 2.24) is 4.90 Å². The topological polar surface area (TPSA) is 57.6 Å². The normalized spacial score (nSPS) is 11.2. The molecule has 0 aliphatic rings. The Labute approximate surface area is 117 Å². The zero-order valence-electron chi connectivity index (χ0n) is 11.4. The molecule has 0 saturated carbocycles. The molecular weight excluding hydrogens is 262 g/mol. The van der Waals surface area contributed by atoms with Crippen LogP contribution in [0.4, 0.5) is 0 Å². The minimum atomic E-state index is -0.990. The second-order valence-electron chi connectivity index (χ2n) is 4.47. The van der Waals surface area contributed by atoms with Crippen LogP contribution >= 0.6 is 11.3 Å². The second-order valence-corrected chi connectivity index (χ2v) is 5.58. The fraction of sp³-hybridized carbons (Fsp3) is 0.429. The number of aliphatic carboxylic acids is 1. The van der Waals surface area contributed by atoms with E-state index in [9.17, 15) is 9.59 Å². The second kappa shape index (κ2) is 7.09. The van der Waals surface area contributed by atoms with Gasteiger partial charge in [0.1, 0.15) is 0 Å². The maximum atomic E-state index is 12.3. The molecule has 19 heavy (non-hydrogen) atoms. The zero-order valence-corrected chi connectivity index (χ0v) is 12.2. The fourth-order valence-electron chi connectivity index (χ4n) is 1.69. The number of carbonyl (C=O) groups excluding carboxylic acids is 1. The van der Waals surface area contributed by atoms with Crippen molar-refractivity contribution in [3.8, 4) is 0 Å². The molecule has 0 aliphatic carbocycles. The highest BCUT2D eigenvalue weighted by atomic mass is 32.1. The van der Waals surface area contributed by atoms with Crippen LogP contribution in [0.15, 0.2) is 18.2 Å². The van der Waals surface area contributed by atoms with E-state index in [4.69, 9.17) is 5.11 Å². The number of rotatable bonds is 6. The molecule has 104 valence electrons. The number of hydrogen-bond donors (Lipinski definition) is 1. The Morgan fingerprint density at radius 3 is 2.63 bits per heavy atom. The predicted octanol–water partition coefficient (Wildman–Crippen LogP) is 3.11. The summed E-state index contributed by atoms with van der Waals surface area (Å²) in [6.45, 7) is 6.76. The summed E-state index contributed by atoms with van der Waals surface area (Å²) in [4.78, 5) is 26.0. The number of hydrogen-bond acceptors (Lipinski definition) is 3. The molecule has 0 radical (unpaired) electrons. The van der Waals surface area contributed by atoms with Crippen LogP contribution in [0.3, 0.4) is 0 Å². The molecule has 0 aromatic carbocycles. The molecule has 1 amide bonds. The van der Waals surface area contributed by atoms with Crippen LogP contribution in [0.25, 0.3) is 6.08 Å². The Hall–Kier alpha value is -1.62. The maximum Gasteiger partial charge on any atom is 0.328 e. The largest absolute Gasteiger partial charge is 0.478 e. The van der Waals surface area contributed by atoms with Gasteiger partial charge in [0.2, 0.25) is 0 Å². The lowest BCUT2D eigenvalue weighted by Crippen LogP contribution is -2.37. The van der Waals surface area contributed by atoms with Gasteiger partial charge in [0, 0.05) is 23.5 Å². The van der Waals surface area contributed by atoms with Gasteiger partial charge in [0.15, 0.2) is 0 Å². The third-order valence-corrected chi connectivity index (χ3v) is 3.61. The highest BCUT2D eigenvalue weighted by molar-refractivity contribution is 7.14. The third-order valence-electron chi connectivity index (χ3n) is 2.58. The third kappa shape index (κ3) is 4.52. The molecule has 0 unspecified atom stereocenters. The molecule has 1 rings (SSSR count). The summed E-state index contributed by atoms with van der Waals surface area (Å²) in [5.74, 6) is -0.979. The van der Waals surface area contributed by atoms with Crippen molar-refractivity contribution in [2.45, 2.75) is 33.2 Å². The van der Waals surface area contributed by atoms with E-state index in [2.05, 4.69) is 0 Å². The molecular formula is C14H19NO3S. The molecule has 0 spiro atoms. The van der Waals surface area contributed by atoms with Crippen molar-refractivity contribution in [2.24, 2.45) is 0 Å². The van der Waals surface area contributed by atoms with Crippen molar-refractivity contribution in [3.63, 3.8) is 0 Å². The molecule has 0 fully saturated rings. The SMILES string of the molecule is CCCN(C(=O)c1ccc(C=CC(=O)O)s1)C(C)C. The Bertz CT molecular complexity index is 477. The van der Waals surface area contributed by atoms with Crippen molar-refractivity contribution in [1.29, 1.82) is 0 Å². The van der Waals surface area contributed by atoms with Crippen molar-refractivity contribution < 1.29 is 14.7 Å². The standard InChI is InChI=1S/C14H19NO3S/c1-4-9-15(10(2)3)14(18)12-7-5-11(19-12)6-8-13(16)17/h5-8,10H,4,9H2,1-3H3,(H,16,17). The lowest BCUT2D eigenvalue weighted by atomic mass is 10.2. The average molecular weight is 281 g/mol. The molecule has 0 atom stereocenters. The van der Waals surface area contributed by atoms with Gasteiger partial charge in [-0.05, 0) is 38.5 Å². The van der Waals surface area contributed by atoms with Crippen LogP contribution in [0.1, 0.15) is 41.7 Å². The van der Waals surface area contributed by atoms with E-state index in [-0.39, 0.29) is 11.9 Å². The van der Waals surface area contributed by atoms with Crippen LogP contribution in [0, 0.1) is 0 Å². The monoisotopic (exact) mass is 281 g/mol. The summed E-state index contributed by atoms with van der Waals surface area (Å²) in [5, 5.41) is 8.56. The van der Waals surface area contributed by atoms with Crippen LogP contribution < -0.4 is 0 Å². The summed E-state index contributed by atoms with van der Waals surface area (Å²) >= 11 is 1.31. The first kappa shape index (κ1) is 15.4. The van der Waals surface area contributed by atoms with Gasteiger partial charge in [0.05, 0.1) is 4.88 Å². The van der Waals surface area contributed by atoms with Gasteiger partial charge in [-0.2, -0.15) is 0 Å². The van der Waals surface area contributed by atoms with Crippen molar-refractivity contribution in [2.75, 3.05) is 6.54 Å². The molecule has 1 heterocycles. The van der Waals surface area contributed by atoms with Crippen LogP contribution in [-0.2, 0) is 4.79 Å². The van der Waals surface area contributed by atoms with E-state index in [1.807, 2.05) is 25.7 Å². The van der Waals surface area contributed by atoms with E-state index in [1.54, 1.807) is 12.1 Å². The first-order chi connectivity index (χ1) is 8.95. The number of nitrogens with zero attached hydrogens (tertiary/aromatic N) is 1. The summed E-state index contributed by atoms with van der Waals surface area (Å²) in [6.07, 6.45) is 3.50. The number of carboxylic acids is 1.